The minimum Gasteiger partial charge on any atom is -0.468 e. The van der Waals surface area contributed by atoms with Gasteiger partial charge < -0.3 is 84.9 Å². The lowest BCUT2D eigenvalue weighted by atomic mass is 10.1. The average Bonchev–Trinajstić information content (AvgIpc) is 4.05. The number of aliphatic hydroxyl groups is 1. The Morgan fingerprint density at radius 1 is 0.676 bits per heavy atom. The number of isothiocyanates is 1. The molecule has 4 rings (SSSR count). The maximum atomic E-state index is 9.48. The van der Waals surface area contributed by atoms with Gasteiger partial charge in [0.05, 0.1) is 73.8 Å². The van der Waals surface area contributed by atoms with Crippen molar-refractivity contribution in [2.75, 3.05) is 95.1 Å². The monoisotopic (exact) mass is 1110 g/mol. The average molecular weight is 1110 g/mol. The van der Waals surface area contributed by atoms with Gasteiger partial charge in [0.1, 0.15) is 44.2 Å². The van der Waals surface area contributed by atoms with Gasteiger partial charge in [0.2, 0.25) is 18.2 Å². The first-order chi connectivity index (χ1) is 32.1. The van der Waals surface area contributed by atoms with Gasteiger partial charge >= 0.3 is 13.4 Å². The first-order valence-electron chi connectivity index (χ1n) is 21.7. The Morgan fingerprint density at radius 3 is 1.43 bits per heavy atom. The molecule has 0 aromatic rings. The van der Waals surface area contributed by atoms with Crippen molar-refractivity contribution in [1.29, 1.82) is 0 Å². The summed E-state index contributed by atoms with van der Waals surface area (Å²) in [4.78, 5) is 13.5. The summed E-state index contributed by atoms with van der Waals surface area (Å²) in [5.74, 6) is 0. The molecule has 14 atom stereocenters. The van der Waals surface area contributed by atoms with Crippen LogP contribution < -0.4 is 5.32 Å². The number of ether oxygens (including phenoxy) is 7. The summed E-state index contributed by atoms with van der Waals surface area (Å²) in [5.41, 5.74) is 0. The van der Waals surface area contributed by atoms with Crippen LogP contribution in [0.1, 0.15) is 53.4 Å². The van der Waals surface area contributed by atoms with Crippen molar-refractivity contribution in [2.45, 2.75) is 127 Å². The standard InChI is InChI=1S/C20H34N3O7PS3.C16H28NO7PS.C4H6N2S2/c1-13-9-15(24-6)18(29-13)12-27-31(34,26-8-7-21-3)30-16-10-14(2)28-17(16)11-25-20(33)22-19(32)23(4)5;1-11-7-13(19-4)16(23-11)10-21-25(26,20-6-5-17-3)24-14-8-12(2)22-15(14)9-18;1-6(2)4(8)5-3-7/h13-18H,7-12H2,1-2,4-6H3,(H,22,32,33);11-16,18H,5-10H2,1-2,4H3;1-2H3/t13-,14-,15?,16?,17+,18+,31?;11-,12-,13?,14?,15+,16+,25?;/m00./s1. The zero-order valence-electron chi connectivity index (χ0n) is 40.2. The highest BCUT2D eigenvalue weighted by atomic mass is 32.5. The molecule has 0 radical (unpaired) electrons. The van der Waals surface area contributed by atoms with E-state index in [1.165, 1.54) is 0 Å². The summed E-state index contributed by atoms with van der Waals surface area (Å²) >= 11 is 30.6. The third-order valence-electron chi connectivity index (χ3n) is 10.1. The third kappa shape index (κ3) is 23.3. The number of nitrogens with one attached hydrogen (secondary N) is 1. The molecule has 0 aliphatic carbocycles. The van der Waals surface area contributed by atoms with Crippen LogP contribution >= 0.6 is 62.3 Å². The maximum Gasteiger partial charge on any atom is 0.327 e. The molecule has 28 heteroatoms. The van der Waals surface area contributed by atoms with E-state index in [0.717, 1.165) is 12.8 Å². The van der Waals surface area contributed by atoms with E-state index in [1.807, 2.05) is 27.7 Å². The summed E-state index contributed by atoms with van der Waals surface area (Å²) < 4.78 is 75.4. The Bertz CT molecular complexity index is 1820. The van der Waals surface area contributed by atoms with Crippen LogP contribution in [0, 0.1) is 13.1 Å². The lowest BCUT2D eigenvalue weighted by molar-refractivity contribution is -0.0378. The zero-order valence-corrected chi connectivity index (χ0v) is 46.9. The van der Waals surface area contributed by atoms with Crippen LogP contribution in [0.2, 0.25) is 0 Å². The molecular formula is C40H68N6O14P2S6. The number of hydrogen-bond acceptors (Lipinski definition) is 20. The van der Waals surface area contributed by atoms with Crippen molar-refractivity contribution in [1.82, 2.24) is 15.1 Å². The van der Waals surface area contributed by atoms with E-state index in [0.29, 0.717) is 23.1 Å². The fourth-order valence-corrected chi connectivity index (χ4v) is 11.5. The fraction of sp³-hybridized carbons (Fsp3) is 0.850. The second-order valence-corrected chi connectivity index (χ2v) is 23.4. The first kappa shape index (κ1) is 63.1. The molecule has 4 fully saturated rings. The summed E-state index contributed by atoms with van der Waals surface area (Å²) in [6.07, 6.45) is 0.309. The van der Waals surface area contributed by atoms with Gasteiger partial charge in [-0.1, -0.05) is 0 Å². The predicted octanol–water partition coefficient (Wildman–Crippen LogP) is 5.50. The minimum absolute atomic E-state index is 0.0410. The van der Waals surface area contributed by atoms with E-state index >= 15 is 0 Å². The molecule has 68 heavy (non-hydrogen) atoms. The molecule has 0 aromatic heterocycles. The van der Waals surface area contributed by atoms with Gasteiger partial charge in [-0.25, -0.2) is 13.1 Å². The molecule has 4 saturated heterocycles. The lowest BCUT2D eigenvalue weighted by Gasteiger charge is -2.28. The van der Waals surface area contributed by atoms with Gasteiger partial charge in [-0.15, -0.1) is 0 Å². The molecule has 4 aliphatic rings. The van der Waals surface area contributed by atoms with Crippen LogP contribution in [-0.4, -0.2) is 204 Å². The Balaban J connectivity index is 0.000000411. The molecule has 0 spiro atoms. The van der Waals surface area contributed by atoms with Crippen molar-refractivity contribution >= 4 is 106 Å². The summed E-state index contributed by atoms with van der Waals surface area (Å²) in [7, 11) is 10.5. The quantitative estimate of drug-likeness (QED) is 0.0483. The number of thiocarbonyl (C=S) groups is 4. The molecule has 0 bridgehead atoms. The van der Waals surface area contributed by atoms with Crippen LogP contribution in [0.4, 0.5) is 0 Å². The van der Waals surface area contributed by atoms with Crippen LogP contribution in [-0.2, 0) is 83.9 Å². The van der Waals surface area contributed by atoms with Crippen LogP contribution in [0.15, 0.2) is 4.99 Å². The fourth-order valence-electron chi connectivity index (χ4n) is 6.79. The number of rotatable bonds is 21. The van der Waals surface area contributed by atoms with E-state index in [1.54, 1.807) is 52.2 Å². The first-order valence-corrected chi connectivity index (χ1v) is 28.4. The number of aliphatic hydroxyl groups excluding tert-OH is 1. The van der Waals surface area contributed by atoms with Crippen molar-refractivity contribution in [3.05, 3.63) is 22.8 Å². The summed E-state index contributed by atoms with van der Waals surface area (Å²) in [6, 6.07) is 0. The second kappa shape index (κ2) is 33.0. The molecule has 20 nitrogen and oxygen atoms in total. The van der Waals surface area contributed by atoms with Crippen molar-refractivity contribution in [3.8, 4) is 0 Å². The van der Waals surface area contributed by atoms with Gasteiger partial charge in [0.25, 0.3) is 5.17 Å². The highest BCUT2D eigenvalue weighted by Gasteiger charge is 2.42. The van der Waals surface area contributed by atoms with Crippen LogP contribution in [0.3, 0.4) is 0 Å². The maximum absolute atomic E-state index is 9.48. The normalized spacial score (nSPS) is 30.1. The van der Waals surface area contributed by atoms with E-state index in [9.17, 15) is 5.11 Å². The Hall–Kier alpha value is -0.970. The van der Waals surface area contributed by atoms with Crippen molar-refractivity contribution in [3.63, 3.8) is 0 Å². The summed E-state index contributed by atoms with van der Waals surface area (Å²) in [5, 5.41) is 15.5. The molecule has 0 aromatic carbocycles. The highest BCUT2D eigenvalue weighted by molar-refractivity contribution is 8.07. The number of methoxy groups -OCH3 is 2. The smallest absolute Gasteiger partial charge is 0.327 e. The zero-order chi connectivity index (χ0) is 51.0. The van der Waals surface area contributed by atoms with Gasteiger partial charge in [0, 0.05) is 68.1 Å². The Morgan fingerprint density at radius 2 is 1.07 bits per heavy atom. The van der Waals surface area contributed by atoms with Crippen molar-refractivity contribution < 1.29 is 65.4 Å². The number of nitrogens with zero attached hydrogens (tertiary/aromatic N) is 5. The lowest BCUT2D eigenvalue weighted by Crippen LogP contribution is -2.40. The largest absolute Gasteiger partial charge is 0.468 e. The van der Waals surface area contributed by atoms with Crippen LogP contribution in [0.5, 0.6) is 0 Å². The molecular weight excluding hydrogens is 1040 g/mol. The third-order valence-corrected chi connectivity index (χ3v) is 16.1. The molecule has 6 unspecified atom stereocenters. The van der Waals surface area contributed by atoms with E-state index in [2.05, 4.69) is 37.4 Å². The topological polar surface area (TPSA) is 180 Å². The second-order valence-electron chi connectivity index (χ2n) is 16.1. The van der Waals surface area contributed by atoms with Gasteiger partial charge in [-0.05, 0) is 100 Å². The van der Waals surface area contributed by atoms with E-state index < -0.39 is 37.9 Å². The SMILES string of the molecule is CN(C)C(=S)N=C=S.[C-]#[N+]CCOP(=S)(OC[C@H]1O[C@@H](C)CC1OC)OC1C[C@H](C)O[C@@H]1CO.[C-]#[N+]CCOP(=S)(OC[C@H]1O[C@@H](C)CC1OC)OC1C[C@H](C)O[C@@H]1COC(=S)NC(=S)N(C)C. The van der Waals surface area contributed by atoms with Gasteiger partial charge in [-0.2, -0.15) is 4.99 Å². The molecule has 2 N–H and O–H groups in total. The van der Waals surface area contributed by atoms with E-state index in [-0.39, 0.29) is 107 Å². The number of hydrogen-bond donors (Lipinski definition) is 2. The predicted molar refractivity (Wildman–Crippen MR) is 279 cm³/mol. The molecule has 4 aliphatic heterocycles. The summed E-state index contributed by atoms with van der Waals surface area (Å²) in [6.45, 7) is 16.3. The van der Waals surface area contributed by atoms with Gasteiger partial charge in [-0.3, -0.25) is 5.32 Å². The Labute approximate surface area is 434 Å². The Kier molecular flexibility index (Phi) is 30.6. The minimum atomic E-state index is -3.21. The molecule has 4 heterocycles. The van der Waals surface area contributed by atoms with Crippen molar-refractivity contribution in [2.24, 2.45) is 4.99 Å². The molecule has 0 saturated carbocycles. The molecule has 0 amide bonds. The highest BCUT2D eigenvalue weighted by Crippen LogP contribution is 2.54. The van der Waals surface area contributed by atoms with E-state index in [4.69, 9.17) is 134 Å². The van der Waals surface area contributed by atoms with Crippen LogP contribution in [0.25, 0.3) is 9.69 Å². The van der Waals surface area contributed by atoms with Gasteiger partial charge in [0.15, 0.2) is 5.11 Å². The number of aliphatic imine (C=N–C) groups is 1. The molecule has 388 valence electrons.